The summed E-state index contributed by atoms with van der Waals surface area (Å²) in [7, 11) is -4.19. The van der Waals surface area contributed by atoms with Gasteiger partial charge in [-0.2, -0.15) is 13.0 Å². The molecule has 4 rings (SSSR count). The number of allylic oxidation sites excluding steroid dienone is 4. The molecule has 0 spiro atoms. The lowest BCUT2D eigenvalue weighted by Crippen LogP contribution is -2.29. The van der Waals surface area contributed by atoms with Crippen molar-refractivity contribution in [3.05, 3.63) is 83.6 Å². The van der Waals surface area contributed by atoms with Crippen LogP contribution in [-0.4, -0.2) is 35.7 Å². The van der Waals surface area contributed by atoms with Gasteiger partial charge in [-0.05, 0) is 38.5 Å². The Morgan fingerprint density at radius 2 is 1.59 bits per heavy atom. The van der Waals surface area contributed by atoms with Crippen molar-refractivity contribution in [3.63, 3.8) is 0 Å². The topological polar surface area (TPSA) is 60.6 Å². The zero-order valence-electron chi connectivity index (χ0n) is 19.3. The third-order valence-electron chi connectivity index (χ3n) is 6.72. The molecule has 5 nitrogen and oxygen atoms in total. The minimum Gasteiger partial charge on any atom is -0.344 e. The monoisotopic (exact) mass is 451 g/mol. The molecule has 0 atom stereocenters. The Kier molecular flexibility index (Phi) is 5.42. The molecule has 2 aromatic rings. The molecule has 6 heteroatoms. The fraction of sp³-hybridized carbons (Fsp3) is 0.346. The van der Waals surface area contributed by atoms with Crippen molar-refractivity contribution >= 4 is 27.2 Å². The highest BCUT2D eigenvalue weighted by Gasteiger charge is 2.45. The number of nitrogens with zero attached hydrogens (tertiary/aromatic N) is 2. The molecule has 32 heavy (non-hydrogen) atoms. The van der Waals surface area contributed by atoms with E-state index in [4.69, 9.17) is 0 Å². The molecule has 0 aromatic heterocycles. The zero-order chi connectivity index (χ0) is 23.3. The number of para-hydroxylation sites is 2. The van der Waals surface area contributed by atoms with Gasteiger partial charge in [0.2, 0.25) is 5.69 Å². The number of hydrogen-bond donors (Lipinski definition) is 1. The second-order valence-corrected chi connectivity index (χ2v) is 10.9. The molecule has 0 bridgehead atoms. The molecule has 168 valence electrons. The number of hydrogen-bond acceptors (Lipinski definition) is 3. The molecular weight excluding hydrogens is 420 g/mol. The normalized spacial score (nSPS) is 20.3. The minimum atomic E-state index is -4.19. The summed E-state index contributed by atoms with van der Waals surface area (Å²) >= 11 is 0. The second-order valence-electron chi connectivity index (χ2n) is 9.46. The SMILES string of the molecule is CCN1/C(=C/C=C/C2=[N+](CS(=O)(=O)O)c3ccccc3C2(C)C)C(C)(C)c2ccccc21. The fourth-order valence-corrected chi connectivity index (χ4v) is 5.76. The maximum atomic E-state index is 11.8. The molecule has 0 aliphatic carbocycles. The van der Waals surface area contributed by atoms with E-state index in [0.717, 1.165) is 23.5 Å². The summed E-state index contributed by atoms with van der Waals surface area (Å²) in [6.07, 6.45) is 6.11. The first kappa shape index (κ1) is 22.5. The number of benzene rings is 2. The van der Waals surface area contributed by atoms with Gasteiger partial charge in [0.05, 0.1) is 5.41 Å². The van der Waals surface area contributed by atoms with Gasteiger partial charge in [0.1, 0.15) is 0 Å². The van der Waals surface area contributed by atoms with Gasteiger partial charge in [-0.1, -0.05) is 56.3 Å². The van der Waals surface area contributed by atoms with E-state index in [1.165, 1.54) is 16.9 Å². The quantitative estimate of drug-likeness (QED) is 0.504. The first-order valence-corrected chi connectivity index (χ1v) is 12.5. The zero-order valence-corrected chi connectivity index (χ0v) is 20.1. The summed E-state index contributed by atoms with van der Waals surface area (Å²) < 4.78 is 34.9. The van der Waals surface area contributed by atoms with E-state index in [9.17, 15) is 13.0 Å². The van der Waals surface area contributed by atoms with Crippen LogP contribution < -0.4 is 4.90 Å². The van der Waals surface area contributed by atoms with Crippen LogP contribution in [0.5, 0.6) is 0 Å². The average Bonchev–Trinajstić information content (AvgIpc) is 3.07. The average molecular weight is 452 g/mol. The van der Waals surface area contributed by atoms with E-state index in [2.05, 4.69) is 69.9 Å². The van der Waals surface area contributed by atoms with Crippen LogP contribution in [0.2, 0.25) is 0 Å². The highest BCUT2D eigenvalue weighted by Crippen LogP contribution is 2.47. The van der Waals surface area contributed by atoms with Crippen molar-refractivity contribution in [1.82, 2.24) is 0 Å². The molecule has 2 aliphatic rings. The molecule has 0 radical (unpaired) electrons. The van der Waals surface area contributed by atoms with Gasteiger partial charge < -0.3 is 4.90 Å². The van der Waals surface area contributed by atoms with Gasteiger partial charge in [-0.25, -0.2) is 0 Å². The van der Waals surface area contributed by atoms with Crippen LogP contribution in [0.25, 0.3) is 0 Å². The van der Waals surface area contributed by atoms with Crippen LogP contribution in [0, 0.1) is 0 Å². The summed E-state index contributed by atoms with van der Waals surface area (Å²) in [6.45, 7) is 11.6. The molecule has 0 saturated carbocycles. The summed E-state index contributed by atoms with van der Waals surface area (Å²) in [5.74, 6) is -0.471. The fourth-order valence-electron chi connectivity index (χ4n) is 5.16. The molecule has 0 amide bonds. The second kappa shape index (κ2) is 7.71. The van der Waals surface area contributed by atoms with Gasteiger partial charge >= 0.3 is 10.1 Å². The van der Waals surface area contributed by atoms with Crippen molar-refractivity contribution in [2.24, 2.45) is 0 Å². The number of fused-ring (bicyclic) bond motifs is 2. The van der Waals surface area contributed by atoms with E-state index in [0.29, 0.717) is 0 Å². The van der Waals surface area contributed by atoms with E-state index in [1.807, 2.05) is 36.4 Å². The third kappa shape index (κ3) is 3.61. The van der Waals surface area contributed by atoms with Gasteiger partial charge in [0.25, 0.3) is 5.88 Å². The lowest BCUT2D eigenvalue weighted by Gasteiger charge is -2.25. The maximum Gasteiger partial charge on any atom is 0.326 e. The van der Waals surface area contributed by atoms with Crippen molar-refractivity contribution < 1.29 is 17.5 Å². The van der Waals surface area contributed by atoms with Gasteiger partial charge in [-0.15, -0.1) is 0 Å². The molecule has 2 heterocycles. The number of anilines is 1. The number of likely N-dealkylation sites (N-methyl/N-ethyl adjacent to an activating group) is 1. The minimum absolute atomic E-state index is 0.135. The largest absolute Gasteiger partial charge is 0.344 e. The molecular formula is C26H31N2O3S+. The van der Waals surface area contributed by atoms with Gasteiger partial charge in [0, 0.05) is 41.1 Å². The van der Waals surface area contributed by atoms with Crippen LogP contribution in [0.1, 0.15) is 45.7 Å². The summed E-state index contributed by atoms with van der Waals surface area (Å²) in [5.41, 5.74) is 5.89. The van der Waals surface area contributed by atoms with Crippen molar-refractivity contribution in [1.29, 1.82) is 0 Å². The van der Waals surface area contributed by atoms with Crippen molar-refractivity contribution in [2.45, 2.75) is 45.4 Å². The third-order valence-corrected chi connectivity index (χ3v) is 7.30. The summed E-state index contributed by atoms with van der Waals surface area (Å²) in [4.78, 5) is 2.33. The molecule has 0 fully saturated rings. The van der Waals surface area contributed by atoms with Gasteiger partial charge in [0.15, 0.2) is 5.71 Å². The lowest BCUT2D eigenvalue weighted by atomic mass is 9.81. The van der Waals surface area contributed by atoms with Crippen LogP contribution in [0.4, 0.5) is 11.4 Å². The van der Waals surface area contributed by atoms with E-state index >= 15 is 0 Å². The van der Waals surface area contributed by atoms with E-state index in [-0.39, 0.29) is 5.41 Å². The van der Waals surface area contributed by atoms with Crippen LogP contribution in [0.15, 0.2) is 72.5 Å². The lowest BCUT2D eigenvalue weighted by molar-refractivity contribution is -0.416. The van der Waals surface area contributed by atoms with Crippen LogP contribution in [-0.2, 0) is 20.9 Å². The van der Waals surface area contributed by atoms with E-state index in [1.54, 1.807) is 4.58 Å². The Morgan fingerprint density at radius 3 is 2.25 bits per heavy atom. The first-order chi connectivity index (χ1) is 15.0. The Balaban J connectivity index is 1.79. The van der Waals surface area contributed by atoms with Crippen LogP contribution >= 0.6 is 0 Å². The molecule has 2 aromatic carbocycles. The number of rotatable bonds is 5. The van der Waals surface area contributed by atoms with Gasteiger partial charge in [-0.3, -0.25) is 4.55 Å². The Labute approximate surface area is 191 Å². The standard InChI is InChI=1S/C26H30N2O3S/c1-6-27-21-14-9-7-12-19(21)25(2,3)23(27)16-11-17-24-26(4,5)20-13-8-10-15-22(20)28(24)18-32(29,30)31/h7-17H,6,18H2,1-5H3/p+1. The molecule has 2 aliphatic heterocycles. The molecule has 0 saturated heterocycles. The summed E-state index contributed by atoms with van der Waals surface area (Å²) in [5, 5.41) is 0. The molecule has 1 N–H and O–H groups in total. The predicted molar refractivity (Wildman–Crippen MR) is 131 cm³/mol. The Hall–Kier alpha value is -2.70. The highest BCUT2D eigenvalue weighted by molar-refractivity contribution is 7.85. The van der Waals surface area contributed by atoms with Crippen LogP contribution in [0.3, 0.4) is 0 Å². The smallest absolute Gasteiger partial charge is 0.326 e. The maximum absolute atomic E-state index is 11.8. The summed E-state index contributed by atoms with van der Waals surface area (Å²) in [6, 6.07) is 16.2. The molecule has 0 unspecified atom stereocenters. The first-order valence-electron chi connectivity index (χ1n) is 10.9. The van der Waals surface area contributed by atoms with Crippen molar-refractivity contribution in [2.75, 3.05) is 17.3 Å². The predicted octanol–water partition coefficient (Wildman–Crippen LogP) is 5.17. The van der Waals surface area contributed by atoms with E-state index < -0.39 is 21.4 Å². The Morgan fingerprint density at radius 1 is 0.969 bits per heavy atom. The highest BCUT2D eigenvalue weighted by atomic mass is 32.2. The Bertz CT molecular complexity index is 1270. The van der Waals surface area contributed by atoms with Crippen molar-refractivity contribution in [3.8, 4) is 0 Å².